The maximum absolute atomic E-state index is 13.2. The Kier molecular flexibility index (Phi) is 6.80. The third kappa shape index (κ3) is 5.20. The first-order valence-corrected chi connectivity index (χ1v) is 11.0. The maximum atomic E-state index is 13.2. The summed E-state index contributed by atoms with van der Waals surface area (Å²) in [6, 6.07) is 5.92. The fourth-order valence-electron chi connectivity index (χ4n) is 3.25. The van der Waals surface area contributed by atoms with Crippen LogP contribution in [-0.2, 0) is 15.8 Å². The van der Waals surface area contributed by atoms with Gasteiger partial charge in [0.25, 0.3) is 0 Å². The van der Waals surface area contributed by atoms with Crippen molar-refractivity contribution in [3.8, 4) is 0 Å². The molecule has 4 nitrogen and oxygen atoms in total. The molecule has 0 bridgehead atoms. The molecule has 0 spiro atoms. The van der Waals surface area contributed by atoms with Crippen molar-refractivity contribution in [2.24, 2.45) is 0 Å². The SMILES string of the molecule is O=C(O)C[C@H]1CSc2cc(C(C(F)(F)F)C(F)(F)F)ccc2N1S(=O)c1ccc(F)cc1. The summed E-state index contributed by atoms with van der Waals surface area (Å²) in [5, 5.41) is 9.18. The summed E-state index contributed by atoms with van der Waals surface area (Å²) in [6.07, 6.45) is -11.6. The second kappa shape index (κ2) is 8.93. The van der Waals surface area contributed by atoms with Crippen molar-refractivity contribution in [3.63, 3.8) is 0 Å². The van der Waals surface area contributed by atoms with E-state index in [9.17, 15) is 44.8 Å². The molecule has 1 aliphatic rings. The highest BCUT2D eigenvalue weighted by Crippen LogP contribution is 2.49. The second-order valence-electron chi connectivity index (χ2n) is 6.83. The molecule has 13 heteroatoms. The van der Waals surface area contributed by atoms with E-state index >= 15 is 0 Å². The van der Waals surface area contributed by atoms with Crippen LogP contribution in [0.2, 0.25) is 0 Å². The first kappa shape index (κ1) is 24.4. The summed E-state index contributed by atoms with van der Waals surface area (Å²) in [6.45, 7) is 0. The van der Waals surface area contributed by atoms with Crippen molar-refractivity contribution in [3.05, 3.63) is 53.8 Å². The molecule has 2 aromatic carbocycles. The van der Waals surface area contributed by atoms with Gasteiger partial charge in [0.2, 0.25) is 0 Å². The highest BCUT2D eigenvalue weighted by molar-refractivity contribution is 7.99. The average Bonchev–Trinajstić information content (AvgIpc) is 2.65. The number of thioether (sulfide) groups is 1. The Morgan fingerprint density at radius 3 is 2.22 bits per heavy atom. The molecule has 2 aromatic rings. The van der Waals surface area contributed by atoms with E-state index in [4.69, 9.17) is 0 Å². The molecule has 1 heterocycles. The van der Waals surface area contributed by atoms with E-state index in [0.717, 1.165) is 40.3 Å². The van der Waals surface area contributed by atoms with Gasteiger partial charge in [0.05, 0.1) is 23.0 Å². The molecule has 1 aliphatic heterocycles. The number of anilines is 1. The normalized spacial score (nSPS) is 17.9. The number of halogens is 7. The standard InChI is InChI=1S/C19H14F7NO3S2/c20-11-2-4-13(5-3-11)32(30)27-12(8-16(28)29)9-31-15-7-10(1-6-14(15)27)17(18(21,22)23)19(24,25)26/h1-7,12,17H,8-9H2,(H,28,29)/t12-,32?/m0/s1. The first-order chi connectivity index (χ1) is 14.8. The predicted molar refractivity (Wildman–Crippen MR) is 103 cm³/mol. The van der Waals surface area contributed by atoms with Crippen LogP contribution in [-0.4, -0.2) is 39.4 Å². The van der Waals surface area contributed by atoms with Crippen LogP contribution >= 0.6 is 11.8 Å². The van der Waals surface area contributed by atoms with Gasteiger partial charge < -0.3 is 5.11 Å². The minimum absolute atomic E-state index is 0.00176. The zero-order valence-electron chi connectivity index (χ0n) is 15.8. The van der Waals surface area contributed by atoms with Gasteiger partial charge in [-0.2, -0.15) is 26.3 Å². The molecule has 0 fully saturated rings. The van der Waals surface area contributed by atoms with Gasteiger partial charge in [-0.25, -0.2) is 8.60 Å². The molecule has 0 radical (unpaired) electrons. The molecule has 0 saturated heterocycles. The van der Waals surface area contributed by atoms with Crippen molar-refractivity contribution in [2.45, 2.75) is 40.5 Å². The van der Waals surface area contributed by atoms with Gasteiger partial charge >= 0.3 is 18.3 Å². The third-order valence-corrected chi connectivity index (χ3v) is 7.29. The zero-order valence-corrected chi connectivity index (χ0v) is 17.4. The van der Waals surface area contributed by atoms with Gasteiger partial charge in [-0.05, 0) is 42.0 Å². The smallest absolute Gasteiger partial charge is 0.404 e. The van der Waals surface area contributed by atoms with Gasteiger partial charge in [-0.1, -0.05) is 6.07 Å². The Labute approximate surface area is 184 Å². The van der Waals surface area contributed by atoms with Gasteiger partial charge in [-0.3, -0.25) is 9.10 Å². The number of aliphatic carboxylic acids is 1. The van der Waals surface area contributed by atoms with Crippen LogP contribution in [0.5, 0.6) is 0 Å². The number of hydrogen-bond donors (Lipinski definition) is 1. The predicted octanol–water partition coefficient (Wildman–Crippen LogP) is 5.51. The van der Waals surface area contributed by atoms with Crippen molar-refractivity contribution >= 4 is 34.4 Å². The Balaban J connectivity index is 2.08. The summed E-state index contributed by atoms with van der Waals surface area (Å²) >= 11 is 0.876. The van der Waals surface area contributed by atoms with E-state index in [2.05, 4.69) is 0 Å². The number of fused-ring (bicyclic) bond motifs is 1. The highest BCUT2D eigenvalue weighted by atomic mass is 32.2. The van der Waals surface area contributed by atoms with Crippen molar-refractivity contribution in [1.82, 2.24) is 0 Å². The number of rotatable bonds is 5. The van der Waals surface area contributed by atoms with Gasteiger partial charge in [-0.15, -0.1) is 11.8 Å². The first-order valence-electron chi connectivity index (χ1n) is 8.87. The number of benzene rings is 2. The molecule has 0 amide bonds. The lowest BCUT2D eigenvalue weighted by molar-refractivity contribution is -0.253. The molecule has 0 aliphatic carbocycles. The van der Waals surface area contributed by atoms with Gasteiger partial charge in [0.15, 0.2) is 16.9 Å². The molecule has 0 saturated carbocycles. The molecule has 0 aromatic heterocycles. The summed E-state index contributed by atoms with van der Waals surface area (Å²) in [4.78, 5) is 11.3. The third-order valence-electron chi connectivity index (χ3n) is 4.58. The van der Waals surface area contributed by atoms with Gasteiger partial charge in [0.1, 0.15) is 5.82 Å². The lowest BCUT2D eigenvalue weighted by atomic mass is 9.97. The van der Waals surface area contributed by atoms with Crippen LogP contribution in [0.3, 0.4) is 0 Å². The van der Waals surface area contributed by atoms with E-state index in [1.165, 1.54) is 12.1 Å². The molecule has 3 rings (SSSR count). The van der Waals surface area contributed by atoms with Gasteiger partial charge in [0, 0.05) is 10.6 Å². The molecule has 1 N–H and O–H groups in total. The van der Waals surface area contributed by atoms with Crippen LogP contribution < -0.4 is 4.31 Å². The topological polar surface area (TPSA) is 57.6 Å². The Morgan fingerprint density at radius 1 is 1.09 bits per heavy atom. The largest absolute Gasteiger partial charge is 0.481 e. The number of carboxylic acid groups (broad SMARTS) is 1. The molecule has 174 valence electrons. The molecular formula is C19H14F7NO3S2. The molecule has 1 unspecified atom stereocenters. The van der Waals surface area contributed by atoms with E-state index in [0.29, 0.717) is 6.07 Å². The van der Waals surface area contributed by atoms with Crippen LogP contribution in [0.15, 0.2) is 52.3 Å². The zero-order chi connectivity index (χ0) is 23.8. The van der Waals surface area contributed by atoms with E-state index < -0.39 is 59.1 Å². The van der Waals surface area contributed by atoms with E-state index in [1.807, 2.05) is 0 Å². The minimum atomic E-state index is -5.58. The van der Waals surface area contributed by atoms with E-state index in [1.54, 1.807) is 0 Å². The summed E-state index contributed by atoms with van der Waals surface area (Å²) in [5.74, 6) is -5.59. The quantitative estimate of drug-likeness (QED) is 0.549. The second-order valence-corrected chi connectivity index (χ2v) is 9.26. The van der Waals surface area contributed by atoms with Crippen LogP contribution in [0, 0.1) is 5.82 Å². The number of carbonyl (C=O) groups is 1. The van der Waals surface area contributed by atoms with Crippen LogP contribution in [0.4, 0.5) is 36.4 Å². The molecular weight excluding hydrogens is 487 g/mol. The van der Waals surface area contributed by atoms with Crippen LogP contribution in [0.1, 0.15) is 17.9 Å². The Morgan fingerprint density at radius 2 is 1.69 bits per heavy atom. The summed E-state index contributed by atoms with van der Waals surface area (Å²) in [5.41, 5.74) is -0.998. The summed E-state index contributed by atoms with van der Waals surface area (Å²) in [7, 11) is -2.09. The Bertz CT molecular complexity index is 1010. The maximum Gasteiger partial charge on any atom is 0.404 e. The molecule has 2 atom stereocenters. The average molecular weight is 501 g/mol. The van der Waals surface area contributed by atoms with Crippen molar-refractivity contribution in [1.29, 1.82) is 0 Å². The number of nitrogens with zero attached hydrogens (tertiary/aromatic N) is 1. The fraction of sp³-hybridized carbons (Fsp3) is 0.316. The number of alkyl halides is 6. The monoisotopic (exact) mass is 501 g/mol. The molecule has 32 heavy (non-hydrogen) atoms. The minimum Gasteiger partial charge on any atom is -0.481 e. The van der Waals surface area contributed by atoms with Crippen molar-refractivity contribution in [2.75, 3.05) is 10.1 Å². The number of carboxylic acids is 1. The fourth-order valence-corrected chi connectivity index (χ4v) is 5.93. The lowest BCUT2D eigenvalue weighted by Crippen LogP contribution is -2.42. The van der Waals surface area contributed by atoms with Crippen molar-refractivity contribution < 1.29 is 44.8 Å². The summed E-state index contributed by atoms with van der Waals surface area (Å²) < 4.78 is 106. The highest BCUT2D eigenvalue weighted by Gasteiger charge is 2.57. The van der Waals surface area contributed by atoms with Crippen LogP contribution in [0.25, 0.3) is 0 Å². The Hall–Kier alpha value is -2.28. The van der Waals surface area contributed by atoms with E-state index in [-0.39, 0.29) is 21.2 Å². The number of hydrogen-bond acceptors (Lipinski definition) is 3. The lowest BCUT2D eigenvalue weighted by Gasteiger charge is -2.37.